The number of hydrogen-bond donors (Lipinski definition) is 2. The van der Waals surface area contributed by atoms with Gasteiger partial charge in [-0.25, -0.2) is 4.79 Å². The van der Waals surface area contributed by atoms with Crippen LogP contribution in [0.2, 0.25) is 0 Å². The number of aryl methyl sites for hydroxylation is 3. The Bertz CT molecular complexity index is 714. The van der Waals surface area contributed by atoms with Gasteiger partial charge in [-0.1, -0.05) is 0 Å². The van der Waals surface area contributed by atoms with Gasteiger partial charge in [-0.3, -0.25) is 14.2 Å². The van der Waals surface area contributed by atoms with Gasteiger partial charge in [0.15, 0.2) is 5.69 Å². The molecule has 0 fully saturated rings. The average molecular weight is 291 g/mol. The predicted octanol–water partition coefficient (Wildman–Crippen LogP) is 0.399. The van der Waals surface area contributed by atoms with Crippen molar-refractivity contribution in [1.29, 1.82) is 0 Å². The molecule has 2 rings (SSSR count). The van der Waals surface area contributed by atoms with Gasteiger partial charge in [-0.05, 0) is 13.8 Å². The van der Waals surface area contributed by atoms with Crippen LogP contribution in [0.3, 0.4) is 0 Å². The van der Waals surface area contributed by atoms with Crippen LogP contribution in [0.25, 0.3) is 0 Å². The molecule has 2 N–H and O–H groups in total. The quantitative estimate of drug-likeness (QED) is 0.849. The molecule has 0 radical (unpaired) electrons. The van der Waals surface area contributed by atoms with Crippen molar-refractivity contribution in [1.82, 2.24) is 24.9 Å². The number of rotatable bonds is 4. The van der Waals surface area contributed by atoms with E-state index in [9.17, 15) is 9.59 Å². The van der Waals surface area contributed by atoms with Gasteiger partial charge in [0.25, 0.3) is 5.91 Å². The largest absolute Gasteiger partial charge is 0.477 e. The molecule has 2 aromatic rings. The topological polar surface area (TPSA) is 102 Å². The molecule has 0 aliphatic heterocycles. The Labute approximate surface area is 121 Å². The molecule has 0 saturated carbocycles. The van der Waals surface area contributed by atoms with Crippen LogP contribution in [0, 0.1) is 13.8 Å². The summed E-state index contributed by atoms with van der Waals surface area (Å²) in [6, 6.07) is 0. The number of aromatic carboxylic acids is 1. The van der Waals surface area contributed by atoms with E-state index in [4.69, 9.17) is 5.11 Å². The highest BCUT2D eigenvalue weighted by atomic mass is 16.4. The summed E-state index contributed by atoms with van der Waals surface area (Å²) in [5.41, 5.74) is 2.63. The monoisotopic (exact) mass is 291 g/mol. The second kappa shape index (κ2) is 5.39. The molecule has 0 spiro atoms. The second-order valence-electron chi connectivity index (χ2n) is 4.79. The van der Waals surface area contributed by atoms with Gasteiger partial charge in [-0.2, -0.15) is 10.2 Å². The molecule has 0 bridgehead atoms. The van der Waals surface area contributed by atoms with Crippen molar-refractivity contribution in [3.8, 4) is 0 Å². The summed E-state index contributed by atoms with van der Waals surface area (Å²) < 4.78 is 2.90. The maximum absolute atomic E-state index is 12.1. The maximum atomic E-state index is 12.1. The molecule has 2 aromatic heterocycles. The third-order valence-electron chi connectivity index (χ3n) is 3.47. The molecular weight excluding hydrogens is 274 g/mol. The molecule has 2 heterocycles. The highest BCUT2D eigenvalue weighted by Gasteiger charge is 2.21. The first-order valence-electron chi connectivity index (χ1n) is 6.35. The fraction of sp³-hybridized carbons (Fsp3) is 0.385. The van der Waals surface area contributed by atoms with E-state index >= 15 is 0 Å². The van der Waals surface area contributed by atoms with Crippen LogP contribution in [0.15, 0.2) is 6.20 Å². The molecule has 1 amide bonds. The summed E-state index contributed by atoms with van der Waals surface area (Å²) in [5.74, 6) is -1.66. The van der Waals surface area contributed by atoms with E-state index in [1.165, 1.54) is 13.2 Å². The van der Waals surface area contributed by atoms with Crippen LogP contribution >= 0.6 is 0 Å². The van der Waals surface area contributed by atoms with E-state index in [2.05, 4.69) is 15.5 Å². The third kappa shape index (κ3) is 2.64. The summed E-state index contributed by atoms with van der Waals surface area (Å²) >= 11 is 0. The number of carbonyl (C=O) groups is 2. The summed E-state index contributed by atoms with van der Waals surface area (Å²) in [4.78, 5) is 23.3. The van der Waals surface area contributed by atoms with Gasteiger partial charge in [0.2, 0.25) is 0 Å². The normalized spacial score (nSPS) is 10.7. The van der Waals surface area contributed by atoms with Crippen LogP contribution in [-0.2, 0) is 20.6 Å². The van der Waals surface area contributed by atoms with Gasteiger partial charge in [-0.15, -0.1) is 0 Å². The van der Waals surface area contributed by atoms with Crippen LogP contribution in [0.5, 0.6) is 0 Å². The smallest absolute Gasteiger partial charge is 0.354 e. The molecule has 112 valence electrons. The summed E-state index contributed by atoms with van der Waals surface area (Å²) in [7, 11) is 3.31. The van der Waals surface area contributed by atoms with Crippen molar-refractivity contribution in [3.63, 3.8) is 0 Å². The van der Waals surface area contributed by atoms with E-state index in [1.54, 1.807) is 4.68 Å². The Morgan fingerprint density at radius 1 is 1.29 bits per heavy atom. The van der Waals surface area contributed by atoms with E-state index < -0.39 is 11.9 Å². The maximum Gasteiger partial charge on any atom is 0.354 e. The second-order valence-corrected chi connectivity index (χ2v) is 4.79. The van der Waals surface area contributed by atoms with Crippen LogP contribution < -0.4 is 5.32 Å². The first kappa shape index (κ1) is 14.8. The summed E-state index contributed by atoms with van der Waals surface area (Å²) in [6.07, 6.45) is 1.25. The lowest BCUT2D eigenvalue weighted by Gasteiger charge is -2.06. The Balaban J connectivity index is 2.18. The standard InChI is InChI=1S/C13H17N5O3/c1-7-9(8(2)17(3)16-7)5-14-12(19)10-6-15-18(4)11(10)13(20)21/h6H,5H2,1-4H3,(H,14,19)(H,20,21). The summed E-state index contributed by atoms with van der Waals surface area (Å²) in [6.45, 7) is 4.06. The number of aromatic nitrogens is 4. The fourth-order valence-corrected chi connectivity index (χ4v) is 2.19. The molecule has 0 atom stereocenters. The van der Waals surface area contributed by atoms with Crippen molar-refractivity contribution in [3.05, 3.63) is 34.4 Å². The van der Waals surface area contributed by atoms with Crippen molar-refractivity contribution in [2.45, 2.75) is 20.4 Å². The van der Waals surface area contributed by atoms with Crippen LogP contribution in [-0.4, -0.2) is 36.5 Å². The zero-order valence-corrected chi connectivity index (χ0v) is 12.3. The lowest BCUT2D eigenvalue weighted by atomic mass is 10.2. The molecule has 8 heteroatoms. The highest BCUT2D eigenvalue weighted by Crippen LogP contribution is 2.12. The Hall–Kier alpha value is -2.64. The molecule has 21 heavy (non-hydrogen) atoms. The molecule has 0 aliphatic rings. The predicted molar refractivity (Wildman–Crippen MR) is 74.0 cm³/mol. The number of hydrogen-bond acceptors (Lipinski definition) is 4. The molecule has 0 aliphatic carbocycles. The first-order valence-corrected chi connectivity index (χ1v) is 6.35. The minimum absolute atomic E-state index is 0.0456. The van der Waals surface area contributed by atoms with Crippen molar-refractivity contribution < 1.29 is 14.7 Å². The van der Waals surface area contributed by atoms with E-state index in [0.717, 1.165) is 21.6 Å². The SMILES string of the molecule is Cc1nn(C)c(C)c1CNC(=O)c1cnn(C)c1C(=O)O. The van der Waals surface area contributed by atoms with E-state index in [0.29, 0.717) is 0 Å². The fourth-order valence-electron chi connectivity index (χ4n) is 2.19. The molecular formula is C13H17N5O3. The Morgan fingerprint density at radius 2 is 1.95 bits per heavy atom. The number of nitrogens with one attached hydrogen (secondary N) is 1. The van der Waals surface area contributed by atoms with Crippen molar-refractivity contribution >= 4 is 11.9 Å². The molecule has 0 aromatic carbocycles. The van der Waals surface area contributed by atoms with Crippen molar-refractivity contribution in [2.75, 3.05) is 0 Å². The zero-order valence-electron chi connectivity index (χ0n) is 12.3. The van der Waals surface area contributed by atoms with Gasteiger partial charge < -0.3 is 10.4 Å². The van der Waals surface area contributed by atoms with Gasteiger partial charge >= 0.3 is 5.97 Å². The number of amides is 1. The van der Waals surface area contributed by atoms with Gasteiger partial charge in [0.05, 0.1) is 17.5 Å². The minimum Gasteiger partial charge on any atom is -0.477 e. The van der Waals surface area contributed by atoms with Crippen LogP contribution in [0.1, 0.15) is 37.8 Å². The number of carbonyl (C=O) groups excluding carboxylic acids is 1. The molecule has 0 unspecified atom stereocenters. The molecule has 8 nitrogen and oxygen atoms in total. The average Bonchev–Trinajstić information content (AvgIpc) is 2.89. The lowest BCUT2D eigenvalue weighted by Crippen LogP contribution is -2.25. The number of nitrogens with zero attached hydrogens (tertiary/aromatic N) is 4. The Kier molecular flexibility index (Phi) is 3.79. The Morgan fingerprint density at radius 3 is 2.48 bits per heavy atom. The third-order valence-corrected chi connectivity index (χ3v) is 3.47. The minimum atomic E-state index is -1.19. The highest BCUT2D eigenvalue weighted by molar-refractivity contribution is 6.03. The van der Waals surface area contributed by atoms with Crippen molar-refractivity contribution in [2.24, 2.45) is 14.1 Å². The van der Waals surface area contributed by atoms with E-state index in [1.807, 2.05) is 20.9 Å². The summed E-state index contributed by atoms with van der Waals surface area (Å²) in [5, 5.41) is 19.9. The number of carboxylic acid groups (broad SMARTS) is 1. The van der Waals surface area contributed by atoms with Crippen LogP contribution in [0.4, 0.5) is 0 Å². The van der Waals surface area contributed by atoms with E-state index in [-0.39, 0.29) is 17.8 Å². The molecule has 0 saturated heterocycles. The van der Waals surface area contributed by atoms with Gasteiger partial charge in [0.1, 0.15) is 0 Å². The zero-order chi connectivity index (χ0) is 15.7. The lowest BCUT2D eigenvalue weighted by molar-refractivity contribution is 0.0679. The first-order chi connectivity index (χ1) is 9.82. The number of carboxylic acids is 1. The van der Waals surface area contributed by atoms with Gasteiger partial charge in [0, 0.05) is 31.9 Å².